The third kappa shape index (κ3) is 6.26. The highest BCUT2D eigenvalue weighted by molar-refractivity contribution is 7.89. The fourth-order valence-corrected chi connectivity index (χ4v) is 4.07. The van der Waals surface area contributed by atoms with Gasteiger partial charge in [0.05, 0.1) is 10.9 Å². The number of hydrogen-bond acceptors (Lipinski definition) is 4. The SMILES string of the molecule is CCCNC(C)C(=O)Nc1ccc(C)c(S(=O)(=O)N(CC)CC)c1.Cl. The first-order chi connectivity index (χ1) is 11.3. The molecular formula is C17H30ClN3O3S. The van der Waals surface area contributed by atoms with Crippen LogP contribution >= 0.6 is 12.4 Å². The molecule has 1 rings (SSSR count). The van der Waals surface area contributed by atoms with Crippen molar-refractivity contribution in [2.45, 2.75) is 52.0 Å². The van der Waals surface area contributed by atoms with Crippen LogP contribution < -0.4 is 10.6 Å². The van der Waals surface area contributed by atoms with Crippen molar-refractivity contribution in [2.75, 3.05) is 25.0 Å². The smallest absolute Gasteiger partial charge is 0.243 e. The highest BCUT2D eigenvalue weighted by Gasteiger charge is 2.24. The number of carbonyl (C=O) groups is 1. The molecule has 6 nitrogen and oxygen atoms in total. The van der Waals surface area contributed by atoms with E-state index in [4.69, 9.17) is 0 Å². The lowest BCUT2D eigenvalue weighted by Crippen LogP contribution is -2.38. The maximum Gasteiger partial charge on any atom is 0.243 e. The molecule has 0 saturated carbocycles. The molecule has 1 unspecified atom stereocenters. The average Bonchev–Trinajstić information content (AvgIpc) is 2.54. The van der Waals surface area contributed by atoms with Gasteiger partial charge in [-0.05, 0) is 44.5 Å². The van der Waals surface area contributed by atoms with Crippen LogP contribution in [0.2, 0.25) is 0 Å². The summed E-state index contributed by atoms with van der Waals surface area (Å²) in [5, 5.41) is 5.89. The zero-order valence-corrected chi connectivity index (χ0v) is 17.3. The summed E-state index contributed by atoms with van der Waals surface area (Å²) in [6.45, 7) is 10.8. The minimum atomic E-state index is -3.56. The second kappa shape index (κ2) is 10.8. The molecule has 0 saturated heterocycles. The lowest BCUT2D eigenvalue weighted by atomic mass is 10.2. The molecule has 25 heavy (non-hydrogen) atoms. The third-order valence-electron chi connectivity index (χ3n) is 3.87. The molecule has 144 valence electrons. The highest BCUT2D eigenvalue weighted by Crippen LogP contribution is 2.23. The second-order valence-electron chi connectivity index (χ2n) is 5.73. The Hall–Kier alpha value is -1.15. The van der Waals surface area contributed by atoms with Crippen LogP contribution in [0.4, 0.5) is 5.69 Å². The summed E-state index contributed by atoms with van der Waals surface area (Å²) in [7, 11) is -3.56. The van der Waals surface area contributed by atoms with Gasteiger partial charge in [0.15, 0.2) is 0 Å². The molecule has 0 heterocycles. The minimum absolute atomic E-state index is 0. The fourth-order valence-electron chi connectivity index (χ4n) is 2.36. The van der Waals surface area contributed by atoms with Crippen LogP contribution in [0, 0.1) is 6.92 Å². The van der Waals surface area contributed by atoms with Crippen LogP contribution in [0.1, 0.15) is 39.7 Å². The molecule has 0 aliphatic carbocycles. The van der Waals surface area contributed by atoms with Crippen LogP contribution in [-0.2, 0) is 14.8 Å². The topological polar surface area (TPSA) is 78.5 Å². The number of sulfonamides is 1. The lowest BCUT2D eigenvalue weighted by molar-refractivity contribution is -0.117. The van der Waals surface area contributed by atoms with Gasteiger partial charge in [0, 0.05) is 18.8 Å². The van der Waals surface area contributed by atoms with Crippen LogP contribution in [0.25, 0.3) is 0 Å². The fraction of sp³-hybridized carbons (Fsp3) is 0.588. The van der Waals surface area contributed by atoms with Gasteiger partial charge < -0.3 is 10.6 Å². The van der Waals surface area contributed by atoms with E-state index in [2.05, 4.69) is 10.6 Å². The van der Waals surface area contributed by atoms with Crippen molar-refractivity contribution in [3.8, 4) is 0 Å². The van der Waals surface area contributed by atoms with E-state index in [9.17, 15) is 13.2 Å². The largest absolute Gasteiger partial charge is 0.325 e. The Kier molecular flexibility index (Phi) is 10.3. The Morgan fingerprint density at radius 2 is 1.80 bits per heavy atom. The van der Waals surface area contributed by atoms with E-state index >= 15 is 0 Å². The van der Waals surface area contributed by atoms with E-state index in [1.54, 1.807) is 26.0 Å². The Morgan fingerprint density at radius 3 is 2.32 bits per heavy atom. The summed E-state index contributed by atoms with van der Waals surface area (Å²) in [5.41, 5.74) is 1.15. The molecule has 2 N–H and O–H groups in total. The predicted octanol–water partition coefficient (Wildman–Crippen LogP) is 2.77. The number of anilines is 1. The van der Waals surface area contributed by atoms with Gasteiger partial charge in [0.1, 0.15) is 0 Å². The zero-order valence-electron chi connectivity index (χ0n) is 15.6. The van der Waals surface area contributed by atoms with E-state index in [0.29, 0.717) is 24.3 Å². The molecular weight excluding hydrogens is 362 g/mol. The number of nitrogens with zero attached hydrogens (tertiary/aromatic N) is 1. The molecule has 8 heteroatoms. The first-order valence-corrected chi connectivity index (χ1v) is 9.86. The predicted molar refractivity (Wildman–Crippen MR) is 105 cm³/mol. The Labute approximate surface area is 157 Å². The van der Waals surface area contributed by atoms with Crippen molar-refractivity contribution in [3.05, 3.63) is 23.8 Å². The van der Waals surface area contributed by atoms with Gasteiger partial charge in [-0.1, -0.05) is 26.8 Å². The molecule has 1 atom stereocenters. The molecule has 0 spiro atoms. The molecule has 1 aromatic carbocycles. The summed E-state index contributed by atoms with van der Waals surface area (Å²) < 4.78 is 26.9. The number of halogens is 1. The standard InChI is InChI=1S/C17H29N3O3S.ClH/c1-6-11-18-14(5)17(21)19-15-10-9-13(4)16(12-15)24(22,23)20(7-2)8-3;/h9-10,12,14,18H,6-8,11H2,1-5H3,(H,19,21);1H. The molecule has 0 aromatic heterocycles. The Bertz CT molecular complexity index is 661. The van der Waals surface area contributed by atoms with Crippen molar-refractivity contribution >= 4 is 34.0 Å². The first kappa shape index (κ1) is 23.9. The normalized spacial score (nSPS) is 12.6. The van der Waals surface area contributed by atoms with Crippen molar-refractivity contribution in [2.24, 2.45) is 0 Å². The number of benzene rings is 1. The van der Waals surface area contributed by atoms with E-state index in [0.717, 1.165) is 13.0 Å². The quantitative estimate of drug-likeness (QED) is 0.678. The van der Waals surface area contributed by atoms with Gasteiger partial charge in [-0.15, -0.1) is 12.4 Å². The first-order valence-electron chi connectivity index (χ1n) is 8.42. The summed E-state index contributed by atoms with van der Waals surface area (Å²) in [6, 6.07) is 4.64. The number of carbonyl (C=O) groups excluding carboxylic acids is 1. The van der Waals surface area contributed by atoms with Crippen LogP contribution in [0.5, 0.6) is 0 Å². The number of aryl methyl sites for hydroxylation is 1. The van der Waals surface area contributed by atoms with Gasteiger partial charge in [-0.3, -0.25) is 4.79 Å². The monoisotopic (exact) mass is 391 g/mol. The average molecular weight is 392 g/mol. The molecule has 0 bridgehead atoms. The van der Waals surface area contributed by atoms with Crippen LogP contribution in [-0.4, -0.2) is 44.3 Å². The number of amides is 1. The van der Waals surface area contributed by atoms with Crippen molar-refractivity contribution in [1.29, 1.82) is 0 Å². The van der Waals surface area contributed by atoms with E-state index in [1.165, 1.54) is 10.4 Å². The second-order valence-corrected chi connectivity index (χ2v) is 7.64. The van der Waals surface area contributed by atoms with E-state index in [-0.39, 0.29) is 29.3 Å². The number of nitrogens with one attached hydrogen (secondary N) is 2. The lowest BCUT2D eigenvalue weighted by Gasteiger charge is -2.20. The van der Waals surface area contributed by atoms with Crippen molar-refractivity contribution < 1.29 is 13.2 Å². The zero-order chi connectivity index (χ0) is 18.3. The van der Waals surface area contributed by atoms with Gasteiger partial charge in [0.25, 0.3) is 0 Å². The molecule has 1 amide bonds. The number of hydrogen-bond donors (Lipinski definition) is 2. The molecule has 0 aliphatic rings. The molecule has 0 aliphatic heterocycles. The van der Waals surface area contributed by atoms with E-state index in [1.807, 2.05) is 20.8 Å². The Balaban J connectivity index is 0.00000576. The van der Waals surface area contributed by atoms with Gasteiger partial charge in [-0.2, -0.15) is 4.31 Å². The van der Waals surface area contributed by atoms with Crippen molar-refractivity contribution in [1.82, 2.24) is 9.62 Å². The van der Waals surface area contributed by atoms with E-state index < -0.39 is 10.0 Å². The summed E-state index contributed by atoms with van der Waals surface area (Å²) in [5.74, 6) is -0.182. The summed E-state index contributed by atoms with van der Waals surface area (Å²) in [4.78, 5) is 12.4. The Morgan fingerprint density at radius 1 is 1.20 bits per heavy atom. The van der Waals surface area contributed by atoms with Gasteiger partial charge in [-0.25, -0.2) is 8.42 Å². The molecule has 0 fully saturated rings. The van der Waals surface area contributed by atoms with Gasteiger partial charge in [0.2, 0.25) is 15.9 Å². The van der Waals surface area contributed by atoms with Gasteiger partial charge >= 0.3 is 0 Å². The van der Waals surface area contributed by atoms with Crippen LogP contribution in [0.15, 0.2) is 23.1 Å². The van der Waals surface area contributed by atoms with Crippen LogP contribution in [0.3, 0.4) is 0 Å². The third-order valence-corrected chi connectivity index (χ3v) is 6.06. The highest BCUT2D eigenvalue weighted by atomic mass is 35.5. The molecule has 0 radical (unpaired) electrons. The van der Waals surface area contributed by atoms with Crippen molar-refractivity contribution in [3.63, 3.8) is 0 Å². The number of rotatable bonds is 9. The summed E-state index contributed by atoms with van der Waals surface area (Å²) >= 11 is 0. The summed E-state index contributed by atoms with van der Waals surface area (Å²) in [6.07, 6.45) is 0.939. The maximum absolute atomic E-state index is 12.7. The minimum Gasteiger partial charge on any atom is -0.325 e. The molecule has 1 aromatic rings. The maximum atomic E-state index is 12.7.